The lowest BCUT2D eigenvalue weighted by Crippen LogP contribution is -2.19. The third kappa shape index (κ3) is 2.89. The standard InChI is InChI=1S/C9H11FO3/c1-6(9(11)12)13-8-4-2-7(10)3-5-8/h2,4-7H,3H2,1H3,(H,11,12)/t6-,7?/m1/s1. The molecular formula is C9H11FO3. The molecule has 13 heavy (non-hydrogen) atoms. The zero-order chi connectivity index (χ0) is 9.84. The van der Waals surface area contributed by atoms with Crippen LogP contribution < -0.4 is 0 Å². The maximum absolute atomic E-state index is 12.5. The SMILES string of the molecule is C[C@@H](OC1=CCC(F)C=C1)C(=O)O. The molecule has 1 N–H and O–H groups in total. The molecule has 3 nitrogen and oxygen atoms in total. The second-order valence-corrected chi connectivity index (χ2v) is 2.82. The smallest absolute Gasteiger partial charge is 0.344 e. The quantitative estimate of drug-likeness (QED) is 0.729. The van der Waals surface area contributed by atoms with Crippen molar-refractivity contribution in [3.63, 3.8) is 0 Å². The second kappa shape index (κ2) is 4.07. The number of rotatable bonds is 3. The van der Waals surface area contributed by atoms with E-state index in [0.717, 1.165) is 0 Å². The topological polar surface area (TPSA) is 46.5 Å². The van der Waals surface area contributed by atoms with Gasteiger partial charge in [-0.15, -0.1) is 0 Å². The van der Waals surface area contributed by atoms with Crippen LogP contribution in [0.4, 0.5) is 4.39 Å². The van der Waals surface area contributed by atoms with Crippen LogP contribution in [-0.2, 0) is 9.53 Å². The molecule has 0 aromatic heterocycles. The Hall–Kier alpha value is -1.32. The van der Waals surface area contributed by atoms with Gasteiger partial charge in [0.1, 0.15) is 11.9 Å². The molecule has 4 heteroatoms. The van der Waals surface area contributed by atoms with E-state index < -0.39 is 18.2 Å². The second-order valence-electron chi connectivity index (χ2n) is 2.82. The Morgan fingerprint density at radius 3 is 3.00 bits per heavy atom. The molecule has 2 atom stereocenters. The Morgan fingerprint density at radius 1 is 1.85 bits per heavy atom. The van der Waals surface area contributed by atoms with Gasteiger partial charge in [0.15, 0.2) is 6.10 Å². The van der Waals surface area contributed by atoms with Crippen LogP contribution in [0.2, 0.25) is 0 Å². The van der Waals surface area contributed by atoms with Gasteiger partial charge in [-0.05, 0) is 25.2 Å². The summed E-state index contributed by atoms with van der Waals surface area (Å²) < 4.78 is 17.6. The first-order valence-corrected chi connectivity index (χ1v) is 4.01. The van der Waals surface area contributed by atoms with E-state index in [4.69, 9.17) is 9.84 Å². The molecule has 0 heterocycles. The van der Waals surface area contributed by atoms with E-state index in [1.807, 2.05) is 0 Å². The van der Waals surface area contributed by atoms with Crippen LogP contribution in [0.1, 0.15) is 13.3 Å². The molecule has 1 aliphatic rings. The molecule has 0 saturated carbocycles. The van der Waals surface area contributed by atoms with Crippen LogP contribution in [0, 0.1) is 0 Å². The van der Waals surface area contributed by atoms with Crippen molar-refractivity contribution < 1.29 is 19.0 Å². The molecule has 1 unspecified atom stereocenters. The van der Waals surface area contributed by atoms with Gasteiger partial charge < -0.3 is 9.84 Å². The number of alkyl halides is 1. The molecule has 0 aliphatic heterocycles. The van der Waals surface area contributed by atoms with Crippen molar-refractivity contribution in [2.75, 3.05) is 0 Å². The van der Waals surface area contributed by atoms with Crippen LogP contribution in [-0.4, -0.2) is 23.4 Å². The van der Waals surface area contributed by atoms with E-state index in [-0.39, 0.29) is 6.42 Å². The van der Waals surface area contributed by atoms with Gasteiger partial charge in [-0.2, -0.15) is 0 Å². The lowest BCUT2D eigenvalue weighted by atomic mass is 10.1. The fourth-order valence-corrected chi connectivity index (χ4v) is 0.917. The van der Waals surface area contributed by atoms with Crippen molar-refractivity contribution in [3.8, 4) is 0 Å². The van der Waals surface area contributed by atoms with Gasteiger partial charge >= 0.3 is 5.97 Å². The van der Waals surface area contributed by atoms with E-state index in [9.17, 15) is 9.18 Å². The van der Waals surface area contributed by atoms with Crippen LogP contribution in [0.15, 0.2) is 24.0 Å². The number of halogens is 1. The van der Waals surface area contributed by atoms with Gasteiger partial charge in [0.05, 0.1) is 0 Å². The highest BCUT2D eigenvalue weighted by Gasteiger charge is 2.14. The van der Waals surface area contributed by atoms with Gasteiger partial charge in [0.2, 0.25) is 0 Å². The number of carboxylic acid groups (broad SMARTS) is 1. The molecule has 0 aromatic rings. The lowest BCUT2D eigenvalue weighted by molar-refractivity contribution is -0.146. The first-order chi connectivity index (χ1) is 6.09. The zero-order valence-electron chi connectivity index (χ0n) is 7.24. The largest absolute Gasteiger partial charge is 0.479 e. The number of hydrogen-bond donors (Lipinski definition) is 1. The van der Waals surface area contributed by atoms with E-state index in [0.29, 0.717) is 5.76 Å². The summed E-state index contributed by atoms with van der Waals surface area (Å²) in [5.74, 6) is -0.611. The predicted octanol–water partition coefficient (Wildman–Crippen LogP) is 1.66. The Labute approximate surface area is 75.5 Å². The molecule has 1 rings (SSSR count). The maximum atomic E-state index is 12.5. The minimum absolute atomic E-state index is 0.248. The summed E-state index contributed by atoms with van der Waals surface area (Å²) in [4.78, 5) is 10.4. The van der Waals surface area contributed by atoms with E-state index >= 15 is 0 Å². The number of carbonyl (C=O) groups is 1. The van der Waals surface area contributed by atoms with Crippen molar-refractivity contribution in [1.82, 2.24) is 0 Å². The molecule has 0 aromatic carbocycles. The molecule has 72 valence electrons. The summed E-state index contributed by atoms with van der Waals surface area (Å²) in [5.41, 5.74) is 0. The average Bonchev–Trinajstić information content (AvgIpc) is 2.08. The normalized spacial score (nSPS) is 23.5. The minimum atomic E-state index is -1.03. The summed E-state index contributed by atoms with van der Waals surface area (Å²) >= 11 is 0. The summed E-state index contributed by atoms with van der Waals surface area (Å²) in [6, 6.07) is 0. The highest BCUT2D eigenvalue weighted by atomic mass is 19.1. The molecule has 0 radical (unpaired) electrons. The lowest BCUT2D eigenvalue weighted by Gasteiger charge is -2.14. The first-order valence-electron chi connectivity index (χ1n) is 4.01. The molecule has 0 fully saturated rings. The van der Waals surface area contributed by atoms with E-state index in [1.54, 1.807) is 6.08 Å². The molecule has 0 bridgehead atoms. The molecule has 0 spiro atoms. The average molecular weight is 186 g/mol. The summed E-state index contributed by atoms with van der Waals surface area (Å²) in [5, 5.41) is 8.51. The monoisotopic (exact) mass is 186 g/mol. The minimum Gasteiger partial charge on any atom is -0.479 e. The third-order valence-corrected chi connectivity index (χ3v) is 1.67. The molecule has 0 saturated heterocycles. The third-order valence-electron chi connectivity index (χ3n) is 1.67. The van der Waals surface area contributed by atoms with Crippen molar-refractivity contribution >= 4 is 5.97 Å². The predicted molar refractivity (Wildman–Crippen MR) is 44.9 cm³/mol. The zero-order valence-corrected chi connectivity index (χ0v) is 7.24. The van der Waals surface area contributed by atoms with Crippen molar-refractivity contribution in [2.45, 2.75) is 25.6 Å². The fourth-order valence-electron chi connectivity index (χ4n) is 0.917. The number of carboxylic acids is 1. The summed E-state index contributed by atoms with van der Waals surface area (Å²) in [6.45, 7) is 1.43. The van der Waals surface area contributed by atoms with Crippen molar-refractivity contribution in [2.24, 2.45) is 0 Å². The Bertz CT molecular complexity index is 258. The Morgan fingerprint density at radius 2 is 2.54 bits per heavy atom. The number of hydrogen-bond acceptors (Lipinski definition) is 2. The number of ether oxygens (including phenoxy) is 1. The number of aliphatic carboxylic acids is 1. The number of allylic oxidation sites excluding steroid dienone is 3. The highest BCUT2D eigenvalue weighted by Crippen LogP contribution is 2.15. The Balaban J connectivity index is 2.47. The first kappa shape index (κ1) is 9.77. The van der Waals surface area contributed by atoms with E-state index in [1.165, 1.54) is 19.1 Å². The molecule has 1 aliphatic carbocycles. The fraction of sp³-hybridized carbons (Fsp3) is 0.444. The maximum Gasteiger partial charge on any atom is 0.344 e. The van der Waals surface area contributed by atoms with Crippen molar-refractivity contribution in [3.05, 3.63) is 24.0 Å². The van der Waals surface area contributed by atoms with Crippen LogP contribution in [0.5, 0.6) is 0 Å². The van der Waals surface area contributed by atoms with Gasteiger partial charge in [-0.25, -0.2) is 9.18 Å². The van der Waals surface area contributed by atoms with Crippen LogP contribution >= 0.6 is 0 Å². The molecular weight excluding hydrogens is 175 g/mol. The Kier molecular flexibility index (Phi) is 3.06. The van der Waals surface area contributed by atoms with E-state index in [2.05, 4.69) is 0 Å². The van der Waals surface area contributed by atoms with Gasteiger partial charge in [-0.1, -0.05) is 0 Å². The summed E-state index contributed by atoms with van der Waals surface area (Å²) in [7, 11) is 0. The van der Waals surface area contributed by atoms with Crippen LogP contribution in [0.25, 0.3) is 0 Å². The van der Waals surface area contributed by atoms with Crippen molar-refractivity contribution in [1.29, 1.82) is 0 Å². The highest BCUT2D eigenvalue weighted by molar-refractivity contribution is 5.71. The van der Waals surface area contributed by atoms with Gasteiger partial charge in [0.25, 0.3) is 0 Å². The molecule has 0 amide bonds. The summed E-state index contributed by atoms with van der Waals surface area (Å²) in [6.07, 6.45) is 2.72. The van der Waals surface area contributed by atoms with Gasteiger partial charge in [-0.3, -0.25) is 0 Å². The van der Waals surface area contributed by atoms with Gasteiger partial charge in [0, 0.05) is 6.42 Å². The van der Waals surface area contributed by atoms with Crippen LogP contribution in [0.3, 0.4) is 0 Å².